The first kappa shape index (κ1) is 18.8. The third-order valence-corrected chi connectivity index (χ3v) is 4.52. The van der Waals surface area contributed by atoms with Crippen molar-refractivity contribution in [1.29, 1.82) is 0 Å². The van der Waals surface area contributed by atoms with Gasteiger partial charge in [-0.2, -0.15) is 10.1 Å². The summed E-state index contributed by atoms with van der Waals surface area (Å²) < 4.78 is 0. The normalized spacial score (nSPS) is 10.9. The number of benzene rings is 2. The van der Waals surface area contributed by atoms with Crippen molar-refractivity contribution in [2.75, 3.05) is 16.3 Å². The molecule has 0 spiro atoms. The van der Waals surface area contributed by atoms with Gasteiger partial charge in [0.1, 0.15) is 0 Å². The van der Waals surface area contributed by atoms with Crippen LogP contribution in [0, 0.1) is 6.92 Å². The zero-order valence-corrected chi connectivity index (χ0v) is 16.5. The van der Waals surface area contributed by atoms with E-state index >= 15 is 0 Å². The van der Waals surface area contributed by atoms with Crippen LogP contribution in [0.5, 0.6) is 0 Å². The van der Waals surface area contributed by atoms with E-state index in [-0.39, 0.29) is 0 Å². The van der Waals surface area contributed by atoms with E-state index in [9.17, 15) is 0 Å². The van der Waals surface area contributed by atoms with Gasteiger partial charge in [0.25, 0.3) is 5.95 Å². The van der Waals surface area contributed by atoms with Crippen molar-refractivity contribution in [3.8, 4) is 0 Å². The average Bonchev–Trinajstić information content (AvgIpc) is 2.68. The topological polar surface area (TPSA) is 45.2 Å². The summed E-state index contributed by atoms with van der Waals surface area (Å²) in [5.41, 5.74) is 3.54. The first-order chi connectivity index (χ1) is 13.1. The molecule has 0 N–H and O–H groups in total. The van der Waals surface area contributed by atoms with E-state index < -0.39 is 0 Å². The van der Waals surface area contributed by atoms with Gasteiger partial charge in [0, 0.05) is 24.8 Å². The molecule has 0 bridgehead atoms. The smallest absolute Gasteiger partial charge is 0.251 e. The molecule has 27 heavy (non-hydrogen) atoms. The Morgan fingerprint density at radius 2 is 1.78 bits per heavy atom. The molecule has 0 radical (unpaired) electrons. The average molecular weight is 361 g/mol. The van der Waals surface area contributed by atoms with E-state index in [0.717, 1.165) is 24.6 Å². The maximum absolute atomic E-state index is 4.85. The molecule has 3 rings (SSSR count). The van der Waals surface area contributed by atoms with Crippen molar-refractivity contribution in [2.24, 2.45) is 0 Å². The van der Waals surface area contributed by atoms with Gasteiger partial charge in [0.15, 0.2) is 5.82 Å². The van der Waals surface area contributed by atoms with Gasteiger partial charge in [-0.1, -0.05) is 42.5 Å². The fraction of sp³-hybridized carbons (Fsp3) is 0.318. The minimum atomic E-state index is 0.295. The SMILES string of the molecule is CCN(c1cccc(C)c1)c1nncc(N(Cc2ccccc2)C(C)C)n1. The molecule has 2 aromatic carbocycles. The molecular formula is C22H27N5. The maximum atomic E-state index is 4.85. The Kier molecular flexibility index (Phi) is 6.01. The fourth-order valence-electron chi connectivity index (χ4n) is 3.08. The molecule has 5 nitrogen and oxygen atoms in total. The molecule has 0 amide bonds. The van der Waals surface area contributed by atoms with Crippen LogP contribution in [0.25, 0.3) is 0 Å². The van der Waals surface area contributed by atoms with E-state index in [0.29, 0.717) is 12.0 Å². The van der Waals surface area contributed by atoms with Gasteiger partial charge >= 0.3 is 0 Å². The minimum Gasteiger partial charge on any atom is -0.348 e. The fourth-order valence-corrected chi connectivity index (χ4v) is 3.08. The lowest BCUT2D eigenvalue weighted by Crippen LogP contribution is -2.32. The van der Waals surface area contributed by atoms with Gasteiger partial charge in [0.05, 0.1) is 6.20 Å². The second kappa shape index (κ2) is 8.62. The van der Waals surface area contributed by atoms with Crippen LogP contribution < -0.4 is 9.80 Å². The Labute approximate surface area is 161 Å². The lowest BCUT2D eigenvalue weighted by Gasteiger charge is -2.29. The molecule has 0 saturated carbocycles. The van der Waals surface area contributed by atoms with E-state index in [4.69, 9.17) is 4.98 Å². The monoisotopic (exact) mass is 361 g/mol. The molecule has 140 valence electrons. The molecule has 0 aliphatic heterocycles. The number of nitrogens with zero attached hydrogens (tertiary/aromatic N) is 5. The quantitative estimate of drug-likeness (QED) is 0.607. The molecule has 0 aliphatic rings. The van der Waals surface area contributed by atoms with Crippen LogP contribution >= 0.6 is 0 Å². The van der Waals surface area contributed by atoms with Crippen LogP contribution in [-0.4, -0.2) is 27.8 Å². The lowest BCUT2D eigenvalue weighted by molar-refractivity contribution is 0.666. The Morgan fingerprint density at radius 1 is 1.00 bits per heavy atom. The highest BCUT2D eigenvalue weighted by Gasteiger charge is 2.17. The number of hydrogen-bond acceptors (Lipinski definition) is 5. The summed E-state index contributed by atoms with van der Waals surface area (Å²) in [6.07, 6.45) is 1.75. The van der Waals surface area contributed by atoms with Crippen molar-refractivity contribution in [3.05, 3.63) is 71.9 Å². The maximum Gasteiger partial charge on any atom is 0.251 e. The number of aryl methyl sites for hydroxylation is 1. The Hall–Kier alpha value is -2.95. The summed E-state index contributed by atoms with van der Waals surface area (Å²) >= 11 is 0. The molecule has 1 heterocycles. The number of rotatable bonds is 7. The molecule has 3 aromatic rings. The molecule has 0 aliphatic carbocycles. The van der Waals surface area contributed by atoms with Crippen LogP contribution in [-0.2, 0) is 6.54 Å². The largest absolute Gasteiger partial charge is 0.348 e. The predicted octanol–water partition coefficient (Wildman–Crippen LogP) is 4.75. The Morgan fingerprint density at radius 3 is 2.44 bits per heavy atom. The third kappa shape index (κ3) is 4.61. The van der Waals surface area contributed by atoms with Crippen LogP contribution in [0.4, 0.5) is 17.5 Å². The van der Waals surface area contributed by atoms with E-state index in [1.54, 1.807) is 6.20 Å². The molecule has 0 saturated heterocycles. The van der Waals surface area contributed by atoms with Gasteiger partial charge in [0.2, 0.25) is 0 Å². The van der Waals surface area contributed by atoms with Gasteiger partial charge < -0.3 is 9.80 Å². The molecule has 0 atom stereocenters. The standard InChI is InChI=1S/C22H27N5/c1-5-26(20-13-9-10-18(4)14-20)22-24-21(15-23-25-22)27(17(2)3)16-19-11-7-6-8-12-19/h6-15,17H,5,16H2,1-4H3. The van der Waals surface area contributed by atoms with Crippen LogP contribution in [0.15, 0.2) is 60.8 Å². The zero-order valence-electron chi connectivity index (χ0n) is 16.5. The van der Waals surface area contributed by atoms with Gasteiger partial charge in [-0.25, -0.2) is 0 Å². The van der Waals surface area contributed by atoms with Crippen LogP contribution in [0.3, 0.4) is 0 Å². The molecule has 0 fully saturated rings. The summed E-state index contributed by atoms with van der Waals surface area (Å²) in [7, 11) is 0. The highest BCUT2D eigenvalue weighted by molar-refractivity contribution is 5.59. The second-order valence-corrected chi connectivity index (χ2v) is 6.91. The third-order valence-electron chi connectivity index (χ3n) is 4.52. The van der Waals surface area contributed by atoms with Gasteiger partial charge in [-0.05, 0) is 51.0 Å². The van der Waals surface area contributed by atoms with E-state index in [2.05, 4.69) is 96.2 Å². The molecular weight excluding hydrogens is 334 g/mol. The predicted molar refractivity (Wildman–Crippen MR) is 111 cm³/mol. The lowest BCUT2D eigenvalue weighted by atomic mass is 10.2. The van der Waals surface area contributed by atoms with Crippen molar-refractivity contribution in [2.45, 2.75) is 40.3 Å². The highest BCUT2D eigenvalue weighted by atomic mass is 15.4. The van der Waals surface area contributed by atoms with Crippen molar-refractivity contribution >= 4 is 17.5 Å². The molecule has 1 aromatic heterocycles. The highest BCUT2D eigenvalue weighted by Crippen LogP contribution is 2.25. The van der Waals surface area contributed by atoms with Crippen LogP contribution in [0.2, 0.25) is 0 Å². The zero-order chi connectivity index (χ0) is 19.2. The first-order valence-electron chi connectivity index (χ1n) is 9.43. The van der Waals surface area contributed by atoms with Crippen molar-refractivity contribution in [3.63, 3.8) is 0 Å². The number of anilines is 3. The van der Waals surface area contributed by atoms with Gasteiger partial charge in [-0.3, -0.25) is 0 Å². The van der Waals surface area contributed by atoms with E-state index in [1.165, 1.54) is 11.1 Å². The molecule has 0 unspecified atom stereocenters. The van der Waals surface area contributed by atoms with E-state index in [1.807, 2.05) is 6.07 Å². The summed E-state index contributed by atoms with van der Waals surface area (Å²) in [6, 6.07) is 19.1. The van der Waals surface area contributed by atoms with Gasteiger partial charge in [-0.15, -0.1) is 5.10 Å². The minimum absolute atomic E-state index is 0.295. The summed E-state index contributed by atoms with van der Waals surface area (Å²) in [5, 5.41) is 8.55. The van der Waals surface area contributed by atoms with Crippen molar-refractivity contribution in [1.82, 2.24) is 15.2 Å². The van der Waals surface area contributed by atoms with Crippen molar-refractivity contribution < 1.29 is 0 Å². The van der Waals surface area contributed by atoms with Crippen LogP contribution in [0.1, 0.15) is 31.9 Å². The Balaban J connectivity index is 1.92. The number of hydrogen-bond donors (Lipinski definition) is 0. The summed E-state index contributed by atoms with van der Waals surface area (Å²) in [6.45, 7) is 10.1. The number of aromatic nitrogens is 3. The summed E-state index contributed by atoms with van der Waals surface area (Å²) in [5.74, 6) is 1.46. The summed E-state index contributed by atoms with van der Waals surface area (Å²) in [4.78, 5) is 9.18. The Bertz CT molecular complexity index is 863. The molecule has 5 heteroatoms. The second-order valence-electron chi connectivity index (χ2n) is 6.91. The first-order valence-corrected chi connectivity index (χ1v) is 9.43.